The van der Waals surface area contributed by atoms with Gasteiger partial charge in [0.1, 0.15) is 0 Å². The van der Waals surface area contributed by atoms with Crippen LogP contribution in [-0.2, 0) is 14.3 Å². The van der Waals surface area contributed by atoms with Gasteiger partial charge in [-0.3, -0.25) is 9.59 Å². The lowest BCUT2D eigenvalue weighted by atomic mass is 9.98. The number of rotatable bonds is 2. The Labute approximate surface area is 75.5 Å². The third-order valence-electron chi connectivity index (χ3n) is 1.73. The van der Waals surface area contributed by atoms with Crippen LogP contribution in [0.4, 0.5) is 0 Å². The van der Waals surface area contributed by atoms with Crippen molar-refractivity contribution in [1.29, 1.82) is 0 Å². The number of aliphatic hydroxyl groups excluding tert-OH is 1. The molecule has 4 heteroatoms. The van der Waals surface area contributed by atoms with E-state index in [1.165, 1.54) is 14.0 Å². The van der Waals surface area contributed by atoms with Gasteiger partial charge in [-0.25, -0.2) is 0 Å². The zero-order chi connectivity index (χ0) is 10.0. The molecule has 0 spiro atoms. The van der Waals surface area contributed by atoms with Gasteiger partial charge in [0.2, 0.25) is 5.78 Å². The predicted octanol–water partition coefficient (Wildman–Crippen LogP) is -0.0243. The Bertz CT molecular complexity index is 310. The van der Waals surface area contributed by atoms with Crippen LogP contribution < -0.4 is 0 Å². The molecule has 0 aromatic rings. The fourth-order valence-corrected chi connectivity index (χ4v) is 1.06. The first-order chi connectivity index (χ1) is 6.06. The molecule has 1 atom stereocenters. The molecular weight excluding hydrogens is 172 g/mol. The van der Waals surface area contributed by atoms with Crippen LogP contribution in [0.1, 0.15) is 6.92 Å². The maximum Gasteiger partial charge on any atom is 0.226 e. The number of hydrogen-bond donors (Lipinski definition) is 1. The van der Waals surface area contributed by atoms with Crippen molar-refractivity contribution in [2.45, 2.75) is 13.0 Å². The van der Waals surface area contributed by atoms with E-state index in [1.54, 1.807) is 0 Å². The molecule has 1 rings (SSSR count). The van der Waals surface area contributed by atoms with Gasteiger partial charge < -0.3 is 9.84 Å². The molecular formula is C9H10O4. The summed E-state index contributed by atoms with van der Waals surface area (Å²) in [6.07, 6.45) is 1.28. The Kier molecular flexibility index (Phi) is 2.63. The van der Waals surface area contributed by atoms with Gasteiger partial charge >= 0.3 is 0 Å². The Morgan fingerprint density at radius 3 is 2.46 bits per heavy atom. The molecule has 1 aliphatic carbocycles. The van der Waals surface area contributed by atoms with Gasteiger partial charge in [-0.1, -0.05) is 0 Å². The van der Waals surface area contributed by atoms with Crippen molar-refractivity contribution < 1.29 is 19.4 Å². The van der Waals surface area contributed by atoms with Crippen molar-refractivity contribution in [3.05, 3.63) is 23.5 Å². The average molecular weight is 182 g/mol. The quantitative estimate of drug-likeness (QED) is 0.609. The van der Waals surface area contributed by atoms with Gasteiger partial charge in [-0.2, -0.15) is 0 Å². The monoisotopic (exact) mass is 182 g/mol. The average Bonchev–Trinajstić information content (AvgIpc) is 2.08. The van der Waals surface area contributed by atoms with Crippen LogP contribution in [0.25, 0.3) is 0 Å². The van der Waals surface area contributed by atoms with Crippen LogP contribution in [0.3, 0.4) is 0 Å². The molecule has 1 N–H and O–H groups in total. The summed E-state index contributed by atoms with van der Waals surface area (Å²) in [5.41, 5.74) is 0.0735. The maximum absolute atomic E-state index is 11.4. The molecule has 1 unspecified atom stereocenters. The number of aliphatic hydroxyl groups is 1. The maximum atomic E-state index is 11.4. The summed E-state index contributed by atoms with van der Waals surface area (Å²) in [7, 11) is 1.31. The van der Waals surface area contributed by atoms with Gasteiger partial charge in [0.05, 0.1) is 13.2 Å². The molecule has 70 valence electrons. The molecule has 0 aliphatic heterocycles. The minimum atomic E-state index is -0.949. The Hall–Kier alpha value is -1.42. The number of allylic oxidation sites excluding steroid dienone is 3. The van der Waals surface area contributed by atoms with E-state index in [-0.39, 0.29) is 17.1 Å². The lowest BCUT2D eigenvalue weighted by Crippen LogP contribution is -2.22. The lowest BCUT2D eigenvalue weighted by Gasteiger charge is -2.13. The van der Waals surface area contributed by atoms with Crippen molar-refractivity contribution in [1.82, 2.24) is 0 Å². The van der Waals surface area contributed by atoms with E-state index in [4.69, 9.17) is 9.84 Å². The first-order valence-corrected chi connectivity index (χ1v) is 3.80. The number of hydrogen-bond acceptors (Lipinski definition) is 4. The molecule has 0 fully saturated rings. The smallest absolute Gasteiger partial charge is 0.226 e. The number of ketones is 2. The SMILES string of the molecule is COC1=CC(=O)C=C(C(C)O)C1=O. The molecule has 1 aliphatic rings. The first-order valence-electron chi connectivity index (χ1n) is 3.80. The molecule has 4 nitrogen and oxygen atoms in total. The van der Waals surface area contributed by atoms with Crippen LogP contribution in [-0.4, -0.2) is 29.9 Å². The topological polar surface area (TPSA) is 63.6 Å². The van der Waals surface area contributed by atoms with Crippen molar-refractivity contribution in [3.8, 4) is 0 Å². The number of methoxy groups -OCH3 is 1. The first kappa shape index (κ1) is 9.67. The standard InChI is InChI=1S/C9H10O4/c1-5(10)7-3-6(11)4-8(13-2)9(7)12/h3-5,10H,1-2H3. The third-order valence-corrected chi connectivity index (χ3v) is 1.73. The molecule has 13 heavy (non-hydrogen) atoms. The highest BCUT2D eigenvalue weighted by Crippen LogP contribution is 2.16. The lowest BCUT2D eigenvalue weighted by molar-refractivity contribution is -0.118. The molecule has 0 heterocycles. The molecule has 0 aromatic heterocycles. The second-order valence-corrected chi connectivity index (χ2v) is 2.72. The van der Waals surface area contributed by atoms with Gasteiger partial charge in [0, 0.05) is 11.6 Å². The molecule has 0 amide bonds. The van der Waals surface area contributed by atoms with Gasteiger partial charge in [0.15, 0.2) is 11.5 Å². The summed E-state index contributed by atoms with van der Waals surface area (Å²) in [6.45, 7) is 1.43. The van der Waals surface area contributed by atoms with E-state index in [2.05, 4.69) is 0 Å². The Morgan fingerprint density at radius 2 is 2.00 bits per heavy atom. The summed E-state index contributed by atoms with van der Waals surface area (Å²) in [4.78, 5) is 22.4. The highest BCUT2D eigenvalue weighted by atomic mass is 16.5. The molecule has 0 aromatic carbocycles. The summed E-state index contributed by atoms with van der Waals surface area (Å²) in [6, 6.07) is 0. The van der Waals surface area contributed by atoms with Crippen LogP contribution in [0, 0.1) is 0 Å². The zero-order valence-corrected chi connectivity index (χ0v) is 7.40. The van der Waals surface area contributed by atoms with Crippen LogP contribution in [0.5, 0.6) is 0 Å². The summed E-state index contributed by atoms with van der Waals surface area (Å²) >= 11 is 0. The van der Waals surface area contributed by atoms with E-state index < -0.39 is 11.9 Å². The van der Waals surface area contributed by atoms with Crippen molar-refractivity contribution >= 4 is 11.6 Å². The van der Waals surface area contributed by atoms with E-state index >= 15 is 0 Å². The number of Topliss-reactive ketones (excluding diaryl/α,β-unsaturated/α-hetero) is 1. The minimum absolute atomic E-state index is 0.0246. The summed E-state index contributed by atoms with van der Waals surface area (Å²) in [5.74, 6) is -0.798. The fraction of sp³-hybridized carbons (Fsp3) is 0.333. The number of carbonyl (C=O) groups excluding carboxylic acids is 2. The van der Waals surface area contributed by atoms with Crippen molar-refractivity contribution in [3.63, 3.8) is 0 Å². The van der Waals surface area contributed by atoms with Crippen LogP contribution in [0.2, 0.25) is 0 Å². The summed E-state index contributed by atoms with van der Waals surface area (Å²) < 4.78 is 4.69. The predicted molar refractivity (Wildman–Crippen MR) is 44.9 cm³/mol. The second kappa shape index (κ2) is 3.53. The van der Waals surface area contributed by atoms with E-state index in [9.17, 15) is 9.59 Å². The Morgan fingerprint density at radius 1 is 1.38 bits per heavy atom. The third kappa shape index (κ3) is 1.84. The fourth-order valence-electron chi connectivity index (χ4n) is 1.06. The molecule has 0 saturated heterocycles. The second-order valence-electron chi connectivity index (χ2n) is 2.72. The van der Waals surface area contributed by atoms with Crippen LogP contribution >= 0.6 is 0 Å². The molecule has 0 bridgehead atoms. The van der Waals surface area contributed by atoms with E-state index in [1.807, 2.05) is 0 Å². The highest BCUT2D eigenvalue weighted by molar-refractivity contribution is 6.19. The van der Waals surface area contributed by atoms with E-state index in [0.717, 1.165) is 12.2 Å². The number of carbonyl (C=O) groups is 2. The minimum Gasteiger partial charge on any atom is -0.493 e. The molecule has 0 radical (unpaired) electrons. The highest BCUT2D eigenvalue weighted by Gasteiger charge is 2.25. The normalized spacial score (nSPS) is 19.3. The van der Waals surface area contributed by atoms with Gasteiger partial charge in [-0.15, -0.1) is 0 Å². The van der Waals surface area contributed by atoms with Crippen LogP contribution in [0.15, 0.2) is 23.5 Å². The van der Waals surface area contributed by atoms with Gasteiger partial charge in [-0.05, 0) is 13.0 Å². The van der Waals surface area contributed by atoms with E-state index in [0.29, 0.717) is 0 Å². The van der Waals surface area contributed by atoms with Crippen molar-refractivity contribution in [2.24, 2.45) is 0 Å². The molecule has 0 saturated carbocycles. The summed E-state index contributed by atoms with van der Waals surface area (Å²) in [5, 5.41) is 9.15. The number of ether oxygens (including phenoxy) is 1. The zero-order valence-electron chi connectivity index (χ0n) is 7.40. The Balaban J connectivity index is 3.02. The van der Waals surface area contributed by atoms with Gasteiger partial charge in [0.25, 0.3) is 0 Å². The largest absolute Gasteiger partial charge is 0.493 e. The van der Waals surface area contributed by atoms with Crippen molar-refractivity contribution in [2.75, 3.05) is 7.11 Å².